The molecule has 0 aliphatic rings. The number of carbonyl (C=O) groups excluding carboxylic acids is 1. The molecule has 0 atom stereocenters. The van der Waals surface area contributed by atoms with E-state index in [1.54, 1.807) is 36.4 Å². The summed E-state index contributed by atoms with van der Waals surface area (Å²) in [4.78, 5) is 21.3. The molecule has 0 saturated heterocycles. The second-order valence-electron chi connectivity index (χ2n) is 3.84. The molecule has 0 amide bonds. The highest BCUT2D eigenvalue weighted by Crippen LogP contribution is 2.26. The van der Waals surface area contributed by atoms with Crippen molar-refractivity contribution in [2.24, 2.45) is 0 Å². The van der Waals surface area contributed by atoms with E-state index in [0.717, 1.165) is 6.20 Å². The number of nitro groups is 1. The zero-order valence-electron chi connectivity index (χ0n) is 10.6. The van der Waals surface area contributed by atoms with Crippen LogP contribution in [-0.4, -0.2) is 18.0 Å². The number of hydrogen-bond acceptors (Lipinski definition) is 5. The Morgan fingerprint density at radius 2 is 2.05 bits per heavy atom. The van der Waals surface area contributed by atoms with Gasteiger partial charge in [-0.3, -0.25) is 10.1 Å². The minimum absolute atomic E-state index is 0.330. The Morgan fingerprint density at radius 3 is 2.75 bits per heavy atom. The first kappa shape index (κ1) is 13.5. The van der Waals surface area contributed by atoms with E-state index < -0.39 is 10.9 Å². The van der Waals surface area contributed by atoms with Crippen molar-refractivity contribution in [1.82, 2.24) is 0 Å². The van der Waals surface area contributed by atoms with Crippen molar-refractivity contribution >= 4 is 12.0 Å². The average Bonchev–Trinajstić information content (AvgIpc) is 2.93. The van der Waals surface area contributed by atoms with Gasteiger partial charge in [-0.25, -0.2) is 4.79 Å². The normalized spacial score (nSPS) is 10.7. The summed E-state index contributed by atoms with van der Waals surface area (Å²) in [6.07, 6.45) is 2.03. The van der Waals surface area contributed by atoms with Crippen LogP contribution in [0.2, 0.25) is 0 Å². The molecule has 6 heteroatoms. The number of ether oxygens (including phenoxy) is 1. The van der Waals surface area contributed by atoms with Gasteiger partial charge in [-0.1, -0.05) is 18.2 Å². The maximum atomic E-state index is 11.7. The van der Waals surface area contributed by atoms with Gasteiger partial charge in [0.2, 0.25) is 6.20 Å². The third-order valence-corrected chi connectivity index (χ3v) is 2.59. The van der Waals surface area contributed by atoms with Crippen molar-refractivity contribution in [2.45, 2.75) is 0 Å². The molecular weight excluding hydrogens is 262 g/mol. The summed E-state index contributed by atoms with van der Waals surface area (Å²) in [5, 5.41) is 10.2. The molecule has 1 aromatic carbocycles. The van der Waals surface area contributed by atoms with E-state index in [9.17, 15) is 14.9 Å². The van der Waals surface area contributed by atoms with Gasteiger partial charge < -0.3 is 9.15 Å². The molecule has 2 aromatic rings. The minimum Gasteiger partial charge on any atom is -0.465 e. The van der Waals surface area contributed by atoms with Crippen LogP contribution in [0.4, 0.5) is 0 Å². The van der Waals surface area contributed by atoms with Crippen LogP contribution >= 0.6 is 0 Å². The predicted octanol–water partition coefficient (Wildman–Crippen LogP) is 2.98. The van der Waals surface area contributed by atoms with E-state index >= 15 is 0 Å². The first-order valence-electron chi connectivity index (χ1n) is 5.71. The topological polar surface area (TPSA) is 82.6 Å². The lowest BCUT2D eigenvalue weighted by Gasteiger charge is -2.04. The van der Waals surface area contributed by atoms with Gasteiger partial charge in [0.25, 0.3) is 0 Å². The highest BCUT2D eigenvalue weighted by molar-refractivity contribution is 5.96. The van der Waals surface area contributed by atoms with Crippen molar-refractivity contribution in [3.63, 3.8) is 0 Å². The summed E-state index contributed by atoms with van der Waals surface area (Å²) < 4.78 is 10.2. The van der Waals surface area contributed by atoms with Crippen molar-refractivity contribution in [1.29, 1.82) is 0 Å². The summed E-state index contributed by atoms with van der Waals surface area (Å²) in [7, 11) is 1.30. The standard InChI is InChI=1S/C14H11NO5/c1-19-14(16)12-5-3-2-4-11(12)13-7-6-10(20-13)8-9-15(17)18/h2-9H,1H3/b9-8-. The fourth-order valence-electron chi connectivity index (χ4n) is 1.71. The number of furan rings is 1. The number of hydrogen-bond donors (Lipinski definition) is 0. The van der Waals surface area contributed by atoms with Gasteiger partial charge in [0.1, 0.15) is 11.5 Å². The van der Waals surface area contributed by atoms with Gasteiger partial charge in [-0.15, -0.1) is 0 Å². The Hall–Kier alpha value is -2.89. The highest BCUT2D eigenvalue weighted by Gasteiger charge is 2.14. The molecule has 0 bridgehead atoms. The van der Waals surface area contributed by atoms with Gasteiger partial charge in [-0.05, 0) is 18.2 Å². The first-order chi connectivity index (χ1) is 9.61. The summed E-state index contributed by atoms with van der Waals surface area (Å²) in [5.74, 6) is 0.296. The fourth-order valence-corrected chi connectivity index (χ4v) is 1.71. The Bertz CT molecular complexity index is 672. The van der Waals surface area contributed by atoms with E-state index in [0.29, 0.717) is 22.6 Å². The molecule has 0 aliphatic heterocycles. The number of carbonyl (C=O) groups is 1. The summed E-state index contributed by atoms with van der Waals surface area (Å²) in [5.41, 5.74) is 0.939. The van der Waals surface area contributed by atoms with Crippen LogP contribution in [-0.2, 0) is 4.74 Å². The third-order valence-electron chi connectivity index (χ3n) is 2.59. The van der Waals surface area contributed by atoms with Gasteiger partial charge >= 0.3 is 5.97 Å². The molecule has 6 nitrogen and oxygen atoms in total. The number of esters is 1. The highest BCUT2D eigenvalue weighted by atomic mass is 16.6. The molecule has 1 aromatic heterocycles. The van der Waals surface area contributed by atoms with Crippen LogP contribution in [0.15, 0.2) is 47.0 Å². The van der Waals surface area contributed by atoms with E-state index in [2.05, 4.69) is 0 Å². The molecule has 0 spiro atoms. The quantitative estimate of drug-likeness (QED) is 0.486. The Kier molecular flexibility index (Phi) is 3.95. The second kappa shape index (κ2) is 5.83. The third kappa shape index (κ3) is 2.92. The largest absolute Gasteiger partial charge is 0.465 e. The van der Waals surface area contributed by atoms with E-state index in [4.69, 9.17) is 9.15 Å². The van der Waals surface area contributed by atoms with Gasteiger partial charge in [0.05, 0.1) is 23.7 Å². The smallest absolute Gasteiger partial charge is 0.338 e. The maximum Gasteiger partial charge on any atom is 0.338 e. The van der Waals surface area contributed by atoms with Gasteiger partial charge in [0, 0.05) is 5.56 Å². The number of methoxy groups -OCH3 is 1. The molecule has 1 heterocycles. The van der Waals surface area contributed by atoms with E-state index in [1.807, 2.05) is 0 Å². The van der Waals surface area contributed by atoms with Crippen molar-refractivity contribution < 1.29 is 18.9 Å². The van der Waals surface area contributed by atoms with Gasteiger partial charge in [-0.2, -0.15) is 0 Å². The zero-order chi connectivity index (χ0) is 14.5. The molecule has 102 valence electrons. The van der Waals surface area contributed by atoms with Crippen LogP contribution in [0, 0.1) is 10.1 Å². The van der Waals surface area contributed by atoms with Gasteiger partial charge in [0.15, 0.2) is 0 Å². The molecule has 0 N–H and O–H groups in total. The molecule has 0 radical (unpaired) electrons. The summed E-state index contributed by atoms with van der Waals surface area (Å²) in [6, 6.07) is 10.0. The maximum absolute atomic E-state index is 11.7. The van der Waals surface area contributed by atoms with Crippen molar-refractivity contribution in [2.75, 3.05) is 7.11 Å². The lowest BCUT2D eigenvalue weighted by molar-refractivity contribution is -0.401. The molecule has 0 unspecified atom stereocenters. The summed E-state index contributed by atoms with van der Waals surface area (Å²) in [6.45, 7) is 0. The van der Waals surface area contributed by atoms with E-state index in [-0.39, 0.29) is 0 Å². The van der Waals surface area contributed by atoms with E-state index in [1.165, 1.54) is 13.2 Å². The van der Waals surface area contributed by atoms with Crippen LogP contribution in [0.5, 0.6) is 0 Å². The lowest BCUT2D eigenvalue weighted by atomic mass is 10.1. The zero-order valence-corrected chi connectivity index (χ0v) is 10.6. The Balaban J connectivity index is 2.38. The van der Waals surface area contributed by atoms with Crippen LogP contribution < -0.4 is 0 Å². The number of nitrogens with zero attached hydrogens (tertiary/aromatic N) is 1. The second-order valence-corrected chi connectivity index (χ2v) is 3.84. The van der Waals surface area contributed by atoms with Crippen LogP contribution in [0.25, 0.3) is 17.4 Å². The SMILES string of the molecule is COC(=O)c1ccccc1-c1ccc(/C=C\[N+](=O)[O-])o1. The Labute approximate surface area is 114 Å². The summed E-state index contributed by atoms with van der Waals surface area (Å²) >= 11 is 0. The monoisotopic (exact) mass is 273 g/mol. The molecule has 2 rings (SSSR count). The lowest BCUT2D eigenvalue weighted by Crippen LogP contribution is -2.02. The molecule has 0 fully saturated rings. The fraction of sp³-hybridized carbons (Fsp3) is 0.0714. The van der Waals surface area contributed by atoms with Crippen LogP contribution in [0.3, 0.4) is 0 Å². The molecule has 0 aliphatic carbocycles. The number of benzene rings is 1. The van der Waals surface area contributed by atoms with Crippen LogP contribution in [0.1, 0.15) is 16.1 Å². The number of rotatable bonds is 4. The average molecular weight is 273 g/mol. The first-order valence-corrected chi connectivity index (χ1v) is 5.71. The molecule has 20 heavy (non-hydrogen) atoms. The van der Waals surface area contributed by atoms with Crippen molar-refractivity contribution in [3.05, 3.63) is 64.0 Å². The minimum atomic E-state index is -0.579. The molecular formula is C14H11NO5. The Morgan fingerprint density at radius 1 is 1.30 bits per heavy atom. The molecule has 0 saturated carbocycles. The van der Waals surface area contributed by atoms with Crippen molar-refractivity contribution in [3.8, 4) is 11.3 Å². The predicted molar refractivity (Wildman–Crippen MR) is 71.5 cm³/mol.